The number of benzene rings is 1. The van der Waals surface area contributed by atoms with Crippen molar-refractivity contribution in [3.63, 3.8) is 0 Å². The average Bonchev–Trinajstić information content (AvgIpc) is 2.12. The Labute approximate surface area is 75.7 Å². The van der Waals surface area contributed by atoms with Crippen molar-refractivity contribution in [1.82, 2.24) is 9.55 Å². The first kappa shape index (κ1) is 7.98. The summed E-state index contributed by atoms with van der Waals surface area (Å²) in [5.74, 6) is 0. The zero-order valence-electron chi connectivity index (χ0n) is 7.61. The van der Waals surface area contributed by atoms with E-state index in [0.29, 0.717) is 0 Å². The standard InChI is InChI=1S/C10H10N2O/c1-7-4-3-5-8-10(7)11-6-9(13)12(8)2/h3-6H,1-2H3. The van der Waals surface area contributed by atoms with E-state index in [1.165, 1.54) is 6.20 Å². The third kappa shape index (κ3) is 1.13. The molecule has 0 N–H and O–H groups in total. The topological polar surface area (TPSA) is 34.9 Å². The molecule has 2 aromatic rings. The second-order valence-corrected chi connectivity index (χ2v) is 3.10. The van der Waals surface area contributed by atoms with Gasteiger partial charge in [-0.25, -0.2) is 4.98 Å². The van der Waals surface area contributed by atoms with Crippen molar-refractivity contribution in [2.75, 3.05) is 0 Å². The maximum atomic E-state index is 11.2. The molecule has 1 aromatic carbocycles. The second kappa shape index (κ2) is 2.69. The predicted octanol–water partition coefficient (Wildman–Crippen LogP) is 1.24. The monoisotopic (exact) mass is 174 g/mol. The molecule has 0 aliphatic carbocycles. The van der Waals surface area contributed by atoms with Gasteiger partial charge in [-0.3, -0.25) is 4.79 Å². The van der Waals surface area contributed by atoms with Gasteiger partial charge >= 0.3 is 0 Å². The minimum atomic E-state index is -0.0712. The second-order valence-electron chi connectivity index (χ2n) is 3.10. The van der Waals surface area contributed by atoms with Gasteiger partial charge in [0.2, 0.25) is 0 Å². The van der Waals surface area contributed by atoms with Crippen LogP contribution in [-0.2, 0) is 7.05 Å². The molecular formula is C10H10N2O. The van der Waals surface area contributed by atoms with Crippen LogP contribution in [0.5, 0.6) is 0 Å². The largest absolute Gasteiger partial charge is 0.309 e. The van der Waals surface area contributed by atoms with Crippen LogP contribution in [0.1, 0.15) is 5.56 Å². The molecule has 0 aliphatic heterocycles. The predicted molar refractivity (Wildman–Crippen MR) is 51.7 cm³/mol. The summed E-state index contributed by atoms with van der Waals surface area (Å²) >= 11 is 0. The molecule has 3 nitrogen and oxygen atoms in total. The van der Waals surface area contributed by atoms with E-state index >= 15 is 0 Å². The Morgan fingerprint density at radius 1 is 1.38 bits per heavy atom. The third-order valence-corrected chi connectivity index (χ3v) is 2.21. The van der Waals surface area contributed by atoms with Crippen molar-refractivity contribution in [2.24, 2.45) is 7.05 Å². The minimum absolute atomic E-state index is 0.0712. The molecule has 0 unspecified atom stereocenters. The van der Waals surface area contributed by atoms with Gasteiger partial charge in [-0.05, 0) is 18.6 Å². The van der Waals surface area contributed by atoms with Crippen LogP contribution in [0.3, 0.4) is 0 Å². The van der Waals surface area contributed by atoms with Crippen molar-refractivity contribution in [1.29, 1.82) is 0 Å². The van der Waals surface area contributed by atoms with Crippen LogP contribution in [0.15, 0.2) is 29.2 Å². The van der Waals surface area contributed by atoms with Crippen molar-refractivity contribution >= 4 is 11.0 Å². The first-order chi connectivity index (χ1) is 6.20. The first-order valence-electron chi connectivity index (χ1n) is 4.11. The van der Waals surface area contributed by atoms with Crippen molar-refractivity contribution in [3.05, 3.63) is 40.3 Å². The van der Waals surface area contributed by atoms with Gasteiger partial charge in [0.15, 0.2) is 0 Å². The van der Waals surface area contributed by atoms with Crippen LogP contribution in [0.2, 0.25) is 0 Å². The highest BCUT2D eigenvalue weighted by Crippen LogP contribution is 2.12. The minimum Gasteiger partial charge on any atom is -0.309 e. The van der Waals surface area contributed by atoms with E-state index < -0.39 is 0 Å². The molecule has 0 spiro atoms. The molecule has 0 saturated heterocycles. The number of rotatable bonds is 0. The van der Waals surface area contributed by atoms with Gasteiger partial charge in [-0.15, -0.1) is 0 Å². The summed E-state index contributed by atoms with van der Waals surface area (Å²) in [6.07, 6.45) is 1.36. The summed E-state index contributed by atoms with van der Waals surface area (Å²) in [6, 6.07) is 5.81. The van der Waals surface area contributed by atoms with E-state index in [1.54, 1.807) is 11.6 Å². The zero-order valence-corrected chi connectivity index (χ0v) is 7.61. The van der Waals surface area contributed by atoms with Crippen LogP contribution in [0.25, 0.3) is 11.0 Å². The molecule has 3 heteroatoms. The van der Waals surface area contributed by atoms with E-state index in [4.69, 9.17) is 0 Å². The van der Waals surface area contributed by atoms with Crippen molar-refractivity contribution in [2.45, 2.75) is 6.92 Å². The molecular weight excluding hydrogens is 164 g/mol. The highest BCUT2D eigenvalue weighted by Gasteiger charge is 2.01. The van der Waals surface area contributed by atoms with E-state index in [2.05, 4.69) is 4.98 Å². The zero-order chi connectivity index (χ0) is 9.42. The first-order valence-corrected chi connectivity index (χ1v) is 4.11. The smallest absolute Gasteiger partial charge is 0.269 e. The molecule has 0 bridgehead atoms. The number of aromatic nitrogens is 2. The molecule has 13 heavy (non-hydrogen) atoms. The van der Waals surface area contributed by atoms with Gasteiger partial charge in [0.1, 0.15) is 0 Å². The fraction of sp³-hybridized carbons (Fsp3) is 0.200. The number of fused-ring (bicyclic) bond motifs is 1. The molecule has 0 saturated carbocycles. The number of hydrogen-bond donors (Lipinski definition) is 0. The molecule has 0 atom stereocenters. The lowest BCUT2D eigenvalue weighted by Gasteiger charge is -2.04. The molecule has 1 aromatic heterocycles. The third-order valence-electron chi connectivity index (χ3n) is 2.21. The van der Waals surface area contributed by atoms with Gasteiger partial charge in [0.25, 0.3) is 5.56 Å². The SMILES string of the molecule is Cc1cccc2c1ncc(=O)n2C. The molecule has 0 amide bonds. The Hall–Kier alpha value is -1.64. The van der Waals surface area contributed by atoms with Gasteiger partial charge in [-0.2, -0.15) is 0 Å². The van der Waals surface area contributed by atoms with E-state index in [0.717, 1.165) is 16.6 Å². The fourth-order valence-corrected chi connectivity index (χ4v) is 1.41. The Morgan fingerprint density at radius 2 is 2.15 bits per heavy atom. The molecule has 66 valence electrons. The highest BCUT2D eigenvalue weighted by molar-refractivity contribution is 5.77. The quantitative estimate of drug-likeness (QED) is 0.602. The lowest BCUT2D eigenvalue weighted by atomic mass is 10.2. The van der Waals surface area contributed by atoms with E-state index in [-0.39, 0.29) is 5.56 Å². The fourth-order valence-electron chi connectivity index (χ4n) is 1.41. The van der Waals surface area contributed by atoms with E-state index in [9.17, 15) is 4.79 Å². The van der Waals surface area contributed by atoms with Gasteiger partial charge in [0, 0.05) is 7.05 Å². The number of hydrogen-bond acceptors (Lipinski definition) is 2. The Morgan fingerprint density at radius 3 is 2.92 bits per heavy atom. The number of para-hydroxylation sites is 1. The summed E-state index contributed by atoms with van der Waals surface area (Å²) in [6.45, 7) is 1.99. The van der Waals surface area contributed by atoms with Crippen LogP contribution >= 0.6 is 0 Å². The summed E-state index contributed by atoms with van der Waals surface area (Å²) in [7, 11) is 1.76. The average molecular weight is 174 g/mol. The van der Waals surface area contributed by atoms with Gasteiger partial charge < -0.3 is 4.57 Å². The van der Waals surface area contributed by atoms with Crippen LogP contribution in [-0.4, -0.2) is 9.55 Å². The summed E-state index contributed by atoms with van der Waals surface area (Å²) in [5, 5.41) is 0. The van der Waals surface area contributed by atoms with Crippen molar-refractivity contribution in [3.8, 4) is 0 Å². The molecule has 0 aliphatic rings. The molecule has 1 heterocycles. The van der Waals surface area contributed by atoms with Crippen LogP contribution in [0, 0.1) is 6.92 Å². The Bertz CT molecular complexity index is 514. The number of nitrogens with zero attached hydrogens (tertiary/aromatic N) is 2. The summed E-state index contributed by atoms with van der Waals surface area (Å²) in [5.41, 5.74) is 2.79. The van der Waals surface area contributed by atoms with Crippen LogP contribution in [0.4, 0.5) is 0 Å². The Balaban J connectivity index is 3.03. The lowest BCUT2D eigenvalue weighted by Crippen LogP contribution is -2.16. The lowest BCUT2D eigenvalue weighted by molar-refractivity contribution is 0.890. The molecule has 0 radical (unpaired) electrons. The normalized spacial score (nSPS) is 10.6. The molecule has 2 rings (SSSR count). The van der Waals surface area contributed by atoms with Crippen LogP contribution < -0.4 is 5.56 Å². The summed E-state index contributed by atoms with van der Waals surface area (Å²) in [4.78, 5) is 15.4. The molecule has 0 fully saturated rings. The summed E-state index contributed by atoms with van der Waals surface area (Å²) < 4.78 is 1.61. The Kier molecular flexibility index (Phi) is 1.65. The van der Waals surface area contributed by atoms with Crippen molar-refractivity contribution < 1.29 is 0 Å². The van der Waals surface area contributed by atoms with E-state index in [1.807, 2.05) is 25.1 Å². The number of aryl methyl sites for hydroxylation is 2. The highest BCUT2D eigenvalue weighted by atomic mass is 16.1. The maximum absolute atomic E-state index is 11.2. The van der Waals surface area contributed by atoms with Gasteiger partial charge in [0.05, 0.1) is 17.2 Å². The maximum Gasteiger partial charge on any atom is 0.269 e. The van der Waals surface area contributed by atoms with Gasteiger partial charge in [-0.1, -0.05) is 12.1 Å².